The van der Waals surface area contributed by atoms with Gasteiger partial charge in [-0.3, -0.25) is 4.57 Å². The summed E-state index contributed by atoms with van der Waals surface area (Å²) in [5.74, 6) is -0.335. The number of hydrogen-bond donors (Lipinski definition) is 1. The first-order valence-electron chi connectivity index (χ1n) is 9.73. The lowest BCUT2D eigenvalue weighted by atomic mass is 10.2. The van der Waals surface area contributed by atoms with Crippen LogP contribution < -0.4 is 5.73 Å². The summed E-state index contributed by atoms with van der Waals surface area (Å²) in [7, 11) is 0. The lowest BCUT2D eigenvalue weighted by Crippen LogP contribution is -2.18. The van der Waals surface area contributed by atoms with Gasteiger partial charge in [0.25, 0.3) is 0 Å². The van der Waals surface area contributed by atoms with E-state index in [1.807, 2.05) is 36.4 Å². The van der Waals surface area contributed by atoms with Gasteiger partial charge in [0.1, 0.15) is 23.5 Å². The van der Waals surface area contributed by atoms with Crippen LogP contribution in [0.3, 0.4) is 0 Å². The Labute approximate surface area is 177 Å². The van der Waals surface area contributed by atoms with Gasteiger partial charge >= 0.3 is 5.97 Å². The summed E-state index contributed by atoms with van der Waals surface area (Å²) >= 11 is 6.19. The highest BCUT2D eigenvalue weighted by atomic mass is 35.5. The molecule has 5 rings (SSSR count). The number of hydrogen-bond acceptors (Lipinski definition) is 6. The van der Waals surface area contributed by atoms with Crippen molar-refractivity contribution in [2.75, 3.05) is 18.9 Å². The van der Waals surface area contributed by atoms with E-state index in [0.29, 0.717) is 39.5 Å². The molecule has 0 radical (unpaired) electrons. The first kappa shape index (κ1) is 18.8. The van der Waals surface area contributed by atoms with Gasteiger partial charge in [0, 0.05) is 11.6 Å². The summed E-state index contributed by atoms with van der Waals surface area (Å²) in [6, 6.07) is 14.7. The predicted octanol–water partition coefficient (Wildman–Crippen LogP) is 4.15. The molecule has 152 valence electrons. The third-order valence-corrected chi connectivity index (χ3v) is 5.43. The summed E-state index contributed by atoms with van der Waals surface area (Å²) in [4.78, 5) is 22.4. The van der Waals surface area contributed by atoms with Crippen LogP contribution in [0.5, 0.6) is 0 Å². The van der Waals surface area contributed by atoms with E-state index in [0.717, 1.165) is 12.8 Å². The average molecular weight is 423 g/mol. The molecule has 1 aliphatic rings. The molecule has 8 heteroatoms. The van der Waals surface area contributed by atoms with Crippen LogP contribution in [0.2, 0.25) is 5.02 Å². The van der Waals surface area contributed by atoms with Gasteiger partial charge < -0.3 is 15.2 Å². The van der Waals surface area contributed by atoms with Crippen molar-refractivity contribution in [3.63, 3.8) is 0 Å². The van der Waals surface area contributed by atoms with Crippen LogP contribution in [0, 0.1) is 0 Å². The summed E-state index contributed by atoms with van der Waals surface area (Å²) < 4.78 is 12.8. The van der Waals surface area contributed by atoms with Gasteiger partial charge in [0.05, 0.1) is 22.8 Å². The third-order valence-electron chi connectivity index (χ3n) is 5.19. The maximum absolute atomic E-state index is 13.0. The van der Waals surface area contributed by atoms with Gasteiger partial charge in [0.15, 0.2) is 5.65 Å². The van der Waals surface area contributed by atoms with Crippen molar-refractivity contribution in [1.29, 1.82) is 0 Å². The first-order valence-corrected chi connectivity index (χ1v) is 10.1. The van der Waals surface area contributed by atoms with Crippen molar-refractivity contribution < 1.29 is 14.3 Å². The number of halogens is 1. The molecule has 0 amide bonds. The molecule has 4 aromatic rings. The fraction of sp³-hybridized carbons (Fsp3) is 0.227. The highest BCUT2D eigenvalue weighted by Gasteiger charge is 2.27. The number of benzene rings is 2. The number of carbonyl (C=O) groups is 1. The van der Waals surface area contributed by atoms with Crippen molar-refractivity contribution in [3.8, 4) is 5.69 Å². The van der Waals surface area contributed by atoms with E-state index < -0.39 is 5.97 Å². The molecule has 0 spiro atoms. The molecular formula is C22H19ClN4O3. The minimum absolute atomic E-state index is 0.0802. The molecule has 1 atom stereocenters. The monoisotopic (exact) mass is 422 g/mol. The van der Waals surface area contributed by atoms with E-state index in [-0.39, 0.29) is 24.1 Å². The fourth-order valence-electron chi connectivity index (χ4n) is 3.76. The number of nitrogen functional groups attached to an aromatic ring is 1. The molecular weight excluding hydrogens is 404 g/mol. The molecule has 0 unspecified atom stereocenters. The second kappa shape index (κ2) is 7.59. The number of anilines is 1. The van der Waals surface area contributed by atoms with Crippen LogP contribution >= 0.6 is 11.6 Å². The molecule has 3 heterocycles. The van der Waals surface area contributed by atoms with Gasteiger partial charge in [-0.25, -0.2) is 14.8 Å². The van der Waals surface area contributed by atoms with E-state index in [1.165, 1.54) is 0 Å². The third kappa shape index (κ3) is 3.26. The number of nitrogens with zero attached hydrogens (tertiary/aromatic N) is 3. The molecule has 1 fully saturated rings. The number of rotatable bonds is 4. The van der Waals surface area contributed by atoms with Crippen LogP contribution in [-0.2, 0) is 9.47 Å². The van der Waals surface area contributed by atoms with Gasteiger partial charge in [0.2, 0.25) is 0 Å². The minimum Gasteiger partial charge on any atom is -0.459 e. The lowest BCUT2D eigenvalue weighted by molar-refractivity contribution is 0.0163. The topological polar surface area (TPSA) is 92.3 Å². The van der Waals surface area contributed by atoms with Crippen LogP contribution in [0.1, 0.15) is 23.2 Å². The largest absolute Gasteiger partial charge is 0.459 e. The zero-order valence-corrected chi connectivity index (χ0v) is 16.8. The Morgan fingerprint density at radius 3 is 2.73 bits per heavy atom. The Balaban J connectivity index is 1.67. The van der Waals surface area contributed by atoms with Crippen LogP contribution in [0.4, 0.5) is 5.82 Å². The Bertz CT molecular complexity index is 1260. The van der Waals surface area contributed by atoms with E-state index in [4.69, 9.17) is 31.8 Å². The first-order chi connectivity index (χ1) is 14.6. The van der Waals surface area contributed by atoms with Gasteiger partial charge in [-0.1, -0.05) is 29.8 Å². The molecule has 2 aromatic heterocycles. The highest BCUT2D eigenvalue weighted by molar-refractivity contribution is 6.30. The standard InChI is InChI=1S/C22H19ClN4O3/c23-13-5-3-6-14(11-13)27-20(24)18(22(28)30-12-15-7-4-10-29-15)19-21(27)26-17-9-2-1-8-16(17)25-19/h1-3,5-6,8-9,11,15H,4,7,10,12,24H2/t15-/m0/s1. The minimum atomic E-state index is -0.543. The zero-order valence-electron chi connectivity index (χ0n) is 16.0. The fourth-order valence-corrected chi connectivity index (χ4v) is 3.94. The zero-order chi connectivity index (χ0) is 20.7. The number of esters is 1. The molecule has 1 saturated heterocycles. The van der Waals surface area contributed by atoms with E-state index >= 15 is 0 Å². The molecule has 0 aliphatic carbocycles. The second-order valence-electron chi connectivity index (χ2n) is 7.19. The van der Waals surface area contributed by atoms with Crippen molar-refractivity contribution in [2.45, 2.75) is 18.9 Å². The summed E-state index contributed by atoms with van der Waals surface area (Å²) in [5, 5.41) is 0.546. The van der Waals surface area contributed by atoms with Crippen molar-refractivity contribution in [2.24, 2.45) is 0 Å². The normalized spacial score (nSPS) is 16.4. The number of carbonyl (C=O) groups excluding carboxylic acids is 1. The van der Waals surface area contributed by atoms with Crippen LogP contribution in [0.25, 0.3) is 27.9 Å². The van der Waals surface area contributed by atoms with Gasteiger partial charge in [-0.05, 0) is 43.2 Å². The van der Waals surface area contributed by atoms with Crippen LogP contribution in [0.15, 0.2) is 48.5 Å². The van der Waals surface area contributed by atoms with Crippen molar-refractivity contribution >= 4 is 45.6 Å². The molecule has 0 saturated carbocycles. The Morgan fingerprint density at radius 2 is 2.00 bits per heavy atom. The molecule has 2 aromatic carbocycles. The maximum Gasteiger partial charge on any atom is 0.344 e. The number of para-hydroxylation sites is 2. The molecule has 1 aliphatic heterocycles. The summed E-state index contributed by atoms with van der Waals surface area (Å²) in [5.41, 5.74) is 9.57. The number of aromatic nitrogens is 3. The van der Waals surface area contributed by atoms with E-state index in [9.17, 15) is 4.79 Å². The lowest BCUT2D eigenvalue weighted by Gasteiger charge is -2.10. The van der Waals surface area contributed by atoms with Crippen molar-refractivity contribution in [1.82, 2.24) is 14.5 Å². The van der Waals surface area contributed by atoms with E-state index in [2.05, 4.69) is 4.98 Å². The highest BCUT2D eigenvalue weighted by Crippen LogP contribution is 2.32. The van der Waals surface area contributed by atoms with Gasteiger partial charge in [-0.15, -0.1) is 0 Å². The van der Waals surface area contributed by atoms with E-state index in [1.54, 1.807) is 16.7 Å². The molecule has 7 nitrogen and oxygen atoms in total. The Hall–Kier alpha value is -3.16. The predicted molar refractivity (Wildman–Crippen MR) is 115 cm³/mol. The Kier molecular flexibility index (Phi) is 4.77. The van der Waals surface area contributed by atoms with Gasteiger partial charge in [-0.2, -0.15) is 0 Å². The number of fused-ring (bicyclic) bond motifs is 2. The second-order valence-corrected chi connectivity index (χ2v) is 7.63. The SMILES string of the molecule is Nc1c(C(=O)OC[C@@H]2CCCO2)c2nc3ccccc3nc2n1-c1cccc(Cl)c1. The molecule has 30 heavy (non-hydrogen) atoms. The summed E-state index contributed by atoms with van der Waals surface area (Å²) in [6.45, 7) is 0.874. The van der Waals surface area contributed by atoms with Crippen molar-refractivity contribution in [3.05, 3.63) is 59.1 Å². The smallest absolute Gasteiger partial charge is 0.344 e. The average Bonchev–Trinajstić information content (AvgIpc) is 3.35. The molecule has 2 N–H and O–H groups in total. The van der Waals surface area contributed by atoms with Crippen LogP contribution in [-0.4, -0.2) is 39.8 Å². The maximum atomic E-state index is 13.0. The Morgan fingerprint density at radius 1 is 1.20 bits per heavy atom. The molecule has 0 bridgehead atoms. The number of ether oxygens (including phenoxy) is 2. The summed E-state index contributed by atoms with van der Waals surface area (Å²) in [6.07, 6.45) is 1.76. The number of nitrogens with two attached hydrogens (primary N) is 1. The quantitative estimate of drug-likeness (QED) is 0.497.